The van der Waals surface area contributed by atoms with Crippen molar-refractivity contribution >= 4 is 23.4 Å². The van der Waals surface area contributed by atoms with Gasteiger partial charge < -0.3 is 10.1 Å². The molecule has 1 aromatic heterocycles. The molecular weight excluding hydrogens is 449 g/mol. The minimum absolute atomic E-state index is 0.281. The third kappa shape index (κ3) is 6.06. The van der Waals surface area contributed by atoms with Crippen molar-refractivity contribution in [3.63, 3.8) is 0 Å². The largest absolute Gasteiger partial charge is 0.489 e. The van der Waals surface area contributed by atoms with Gasteiger partial charge in [-0.25, -0.2) is 4.39 Å². The van der Waals surface area contributed by atoms with E-state index >= 15 is 0 Å². The fraction of sp³-hybridized carbons (Fsp3) is 0.174. The predicted octanol–water partition coefficient (Wildman–Crippen LogP) is 4.92. The fourth-order valence-electron chi connectivity index (χ4n) is 2.99. The Bertz CT molecular complexity index is 1160. The van der Waals surface area contributed by atoms with Crippen LogP contribution in [0.5, 0.6) is 5.75 Å². The van der Waals surface area contributed by atoms with E-state index in [4.69, 9.17) is 16.3 Å². The highest BCUT2D eigenvalue weighted by molar-refractivity contribution is 7.99. The summed E-state index contributed by atoms with van der Waals surface area (Å²) in [4.78, 5) is 0. The van der Waals surface area contributed by atoms with E-state index in [-0.39, 0.29) is 12.4 Å². The summed E-state index contributed by atoms with van der Waals surface area (Å²) in [6, 6.07) is 22.0. The van der Waals surface area contributed by atoms with Gasteiger partial charge in [-0.1, -0.05) is 59.8 Å². The van der Waals surface area contributed by atoms with E-state index in [1.165, 1.54) is 12.1 Å². The molecule has 9 heteroatoms. The Hall–Kier alpha value is -2.94. The minimum atomic E-state index is -0.360. The van der Waals surface area contributed by atoms with Gasteiger partial charge in [0.1, 0.15) is 18.2 Å². The number of ether oxygens (including phenoxy) is 1. The lowest BCUT2D eigenvalue weighted by molar-refractivity contribution is 0.306. The number of nitrogens with zero attached hydrogens (tertiary/aromatic N) is 4. The normalized spacial score (nSPS) is 10.9. The van der Waals surface area contributed by atoms with Crippen molar-refractivity contribution in [3.8, 4) is 11.4 Å². The summed E-state index contributed by atoms with van der Waals surface area (Å²) in [7, 11) is 0. The third-order valence-corrected chi connectivity index (χ3v) is 5.86. The van der Waals surface area contributed by atoms with E-state index in [2.05, 4.69) is 20.8 Å². The van der Waals surface area contributed by atoms with E-state index in [1.54, 1.807) is 22.5 Å². The molecule has 32 heavy (non-hydrogen) atoms. The first-order chi connectivity index (χ1) is 15.7. The molecule has 0 aliphatic rings. The summed E-state index contributed by atoms with van der Waals surface area (Å²) in [5.41, 5.74) is 2.78. The number of tetrazole rings is 1. The van der Waals surface area contributed by atoms with Crippen LogP contribution < -0.4 is 10.1 Å². The van der Waals surface area contributed by atoms with Gasteiger partial charge in [0, 0.05) is 24.4 Å². The maximum Gasteiger partial charge on any atom is 0.214 e. The van der Waals surface area contributed by atoms with E-state index in [0.29, 0.717) is 11.6 Å². The van der Waals surface area contributed by atoms with Crippen LogP contribution in [-0.2, 0) is 13.2 Å². The number of benzene rings is 3. The minimum Gasteiger partial charge on any atom is -0.489 e. The van der Waals surface area contributed by atoms with Crippen LogP contribution in [0.4, 0.5) is 4.39 Å². The number of aromatic nitrogens is 4. The van der Waals surface area contributed by atoms with Crippen molar-refractivity contribution in [1.29, 1.82) is 0 Å². The molecule has 1 N–H and O–H groups in total. The van der Waals surface area contributed by atoms with Crippen molar-refractivity contribution in [3.05, 3.63) is 94.8 Å². The zero-order valence-electron chi connectivity index (χ0n) is 17.1. The summed E-state index contributed by atoms with van der Waals surface area (Å²) in [5, 5.41) is 16.5. The second-order valence-corrected chi connectivity index (χ2v) is 8.38. The van der Waals surface area contributed by atoms with Crippen LogP contribution >= 0.6 is 23.4 Å². The Morgan fingerprint density at radius 3 is 2.75 bits per heavy atom. The molecule has 1 heterocycles. The van der Waals surface area contributed by atoms with Crippen molar-refractivity contribution in [2.24, 2.45) is 0 Å². The predicted molar refractivity (Wildman–Crippen MR) is 124 cm³/mol. The van der Waals surface area contributed by atoms with Gasteiger partial charge in [-0.05, 0) is 52.4 Å². The van der Waals surface area contributed by atoms with Crippen molar-refractivity contribution < 1.29 is 9.13 Å². The summed E-state index contributed by atoms with van der Waals surface area (Å²) in [5.74, 6) is 1.20. The van der Waals surface area contributed by atoms with E-state index in [0.717, 1.165) is 40.0 Å². The quantitative estimate of drug-likeness (QED) is 0.263. The van der Waals surface area contributed by atoms with Gasteiger partial charge in [-0.2, -0.15) is 4.68 Å². The molecule has 0 fully saturated rings. The van der Waals surface area contributed by atoms with Crippen molar-refractivity contribution in [2.45, 2.75) is 18.3 Å². The Labute approximate surface area is 194 Å². The Morgan fingerprint density at radius 2 is 1.91 bits per heavy atom. The van der Waals surface area contributed by atoms with E-state index < -0.39 is 0 Å². The summed E-state index contributed by atoms with van der Waals surface area (Å²) < 4.78 is 20.7. The molecule has 0 aliphatic heterocycles. The number of rotatable bonds is 10. The number of halogens is 2. The van der Waals surface area contributed by atoms with Crippen molar-refractivity contribution in [2.75, 3.05) is 12.3 Å². The number of hydrogen-bond acceptors (Lipinski definition) is 6. The molecule has 4 aromatic rings. The number of nitrogens with one attached hydrogen (secondary N) is 1. The molecule has 0 amide bonds. The molecule has 0 radical (unpaired) electrons. The second kappa shape index (κ2) is 11.1. The average molecular weight is 470 g/mol. The van der Waals surface area contributed by atoms with Gasteiger partial charge in [0.25, 0.3) is 0 Å². The Kier molecular flexibility index (Phi) is 7.71. The summed E-state index contributed by atoms with van der Waals surface area (Å²) >= 11 is 7.66. The maximum absolute atomic E-state index is 13.2. The first-order valence-electron chi connectivity index (χ1n) is 10.0. The van der Waals surface area contributed by atoms with Gasteiger partial charge in [-0.3, -0.25) is 0 Å². The highest BCUT2D eigenvalue weighted by Gasteiger charge is 2.08. The highest BCUT2D eigenvalue weighted by atomic mass is 35.5. The van der Waals surface area contributed by atoms with Crippen molar-refractivity contribution in [1.82, 2.24) is 25.5 Å². The van der Waals surface area contributed by atoms with Gasteiger partial charge in [0.15, 0.2) is 0 Å². The first kappa shape index (κ1) is 22.3. The zero-order valence-corrected chi connectivity index (χ0v) is 18.7. The number of para-hydroxylation sites is 1. The smallest absolute Gasteiger partial charge is 0.214 e. The van der Waals surface area contributed by atoms with Gasteiger partial charge >= 0.3 is 0 Å². The molecule has 0 unspecified atom stereocenters. The zero-order chi connectivity index (χ0) is 22.2. The molecule has 0 spiro atoms. The van der Waals surface area contributed by atoms with Crippen LogP contribution in [0.15, 0.2) is 78.0 Å². The second-order valence-electron chi connectivity index (χ2n) is 6.91. The van der Waals surface area contributed by atoms with E-state index in [9.17, 15) is 4.39 Å². The topological polar surface area (TPSA) is 64.9 Å². The molecule has 0 bridgehead atoms. The molecule has 3 aromatic carbocycles. The lowest BCUT2D eigenvalue weighted by Crippen LogP contribution is -2.16. The Balaban J connectivity index is 1.23. The third-order valence-electron chi connectivity index (χ3n) is 4.59. The van der Waals surface area contributed by atoms with Crippen LogP contribution in [-0.4, -0.2) is 32.5 Å². The molecule has 164 valence electrons. The molecule has 4 rings (SSSR count). The monoisotopic (exact) mass is 469 g/mol. The molecule has 6 nitrogen and oxygen atoms in total. The van der Waals surface area contributed by atoms with E-state index in [1.807, 2.05) is 54.6 Å². The molecule has 0 saturated heterocycles. The SMILES string of the molecule is Fc1ccc(COc2cccc(CNCCSc3nnnn3-c3ccccc3)c2)c(Cl)c1. The van der Waals surface area contributed by atoms with Gasteiger partial charge in [0.2, 0.25) is 5.16 Å². The van der Waals surface area contributed by atoms with Crippen LogP contribution in [0, 0.1) is 5.82 Å². The summed E-state index contributed by atoms with van der Waals surface area (Å²) in [6.07, 6.45) is 0. The van der Waals surface area contributed by atoms with Crippen LogP contribution in [0.1, 0.15) is 11.1 Å². The standard InChI is InChI=1S/C23H21ClFN5OS/c24-22-14-19(25)10-9-18(22)16-31-21-8-4-5-17(13-21)15-26-11-12-32-23-27-28-29-30(23)20-6-2-1-3-7-20/h1-10,13-14,26H,11-12,15-16H2. The Morgan fingerprint density at radius 1 is 1.03 bits per heavy atom. The lowest BCUT2D eigenvalue weighted by Gasteiger charge is -2.10. The lowest BCUT2D eigenvalue weighted by atomic mass is 10.2. The first-order valence-corrected chi connectivity index (χ1v) is 11.4. The molecule has 0 aliphatic carbocycles. The fourth-order valence-corrected chi connectivity index (χ4v) is 4.00. The molecule has 0 saturated carbocycles. The maximum atomic E-state index is 13.2. The highest BCUT2D eigenvalue weighted by Crippen LogP contribution is 2.21. The van der Waals surface area contributed by atoms with Crippen LogP contribution in [0.2, 0.25) is 5.02 Å². The molecule has 0 atom stereocenters. The molecular formula is C23H21ClFN5OS. The average Bonchev–Trinajstić information content (AvgIpc) is 3.28. The van der Waals surface area contributed by atoms with Crippen LogP contribution in [0.25, 0.3) is 5.69 Å². The number of hydrogen-bond donors (Lipinski definition) is 1. The van der Waals surface area contributed by atoms with Gasteiger partial charge in [0.05, 0.1) is 10.7 Å². The number of thioether (sulfide) groups is 1. The van der Waals surface area contributed by atoms with Crippen LogP contribution in [0.3, 0.4) is 0 Å². The van der Waals surface area contributed by atoms with Gasteiger partial charge in [-0.15, -0.1) is 5.10 Å². The summed E-state index contributed by atoms with van der Waals surface area (Å²) in [6.45, 7) is 1.78.